The van der Waals surface area contributed by atoms with E-state index >= 15 is 0 Å². The lowest BCUT2D eigenvalue weighted by atomic mass is 9.92. The third-order valence-electron chi connectivity index (χ3n) is 3.99. The lowest BCUT2D eigenvalue weighted by molar-refractivity contribution is -0.188. The summed E-state index contributed by atoms with van der Waals surface area (Å²) in [5.41, 5.74) is 1.43. The fraction of sp³-hybridized carbons (Fsp3) is 0.733. The third kappa shape index (κ3) is 5.53. The molecule has 2 atom stereocenters. The summed E-state index contributed by atoms with van der Waals surface area (Å²) in [6.07, 6.45) is -2.14. The molecule has 0 unspecified atom stereocenters. The van der Waals surface area contributed by atoms with Crippen molar-refractivity contribution in [2.45, 2.75) is 64.3 Å². The quantitative estimate of drug-likeness (QED) is 0.899. The molecule has 0 bridgehead atoms. The molecule has 1 heterocycles. The Labute approximate surface area is 132 Å². The van der Waals surface area contributed by atoms with Crippen molar-refractivity contribution in [3.63, 3.8) is 0 Å². The lowest BCUT2D eigenvalue weighted by Gasteiger charge is -2.30. The molecule has 2 rings (SSSR count). The van der Waals surface area contributed by atoms with E-state index in [9.17, 15) is 18.0 Å². The number of nitrogens with zero attached hydrogens (tertiary/aromatic N) is 1. The third-order valence-corrected chi connectivity index (χ3v) is 3.99. The predicted octanol–water partition coefficient (Wildman–Crippen LogP) is 2.84. The number of carbonyl (C=O) groups is 1. The van der Waals surface area contributed by atoms with Crippen LogP contribution in [0.4, 0.5) is 13.2 Å². The van der Waals surface area contributed by atoms with Crippen molar-refractivity contribution in [1.82, 2.24) is 10.5 Å². The summed E-state index contributed by atoms with van der Waals surface area (Å²) >= 11 is 0. The number of hydrogen-bond acceptors (Lipinski definition) is 4. The molecule has 23 heavy (non-hydrogen) atoms. The van der Waals surface area contributed by atoms with Gasteiger partial charge in [-0.05, 0) is 39.5 Å². The summed E-state index contributed by atoms with van der Waals surface area (Å²) < 4.78 is 46.5. The number of ether oxygens (including phenoxy) is 1. The molecular formula is C15H21F3N2O3. The zero-order chi connectivity index (χ0) is 17.0. The summed E-state index contributed by atoms with van der Waals surface area (Å²) in [6, 6.07) is -0.157. The van der Waals surface area contributed by atoms with Crippen molar-refractivity contribution in [2.75, 3.05) is 6.61 Å². The number of carbonyl (C=O) groups excluding carboxylic acids is 1. The Morgan fingerprint density at radius 1 is 1.39 bits per heavy atom. The first-order valence-corrected chi connectivity index (χ1v) is 7.64. The van der Waals surface area contributed by atoms with Crippen LogP contribution in [-0.4, -0.2) is 36.0 Å². The van der Waals surface area contributed by atoms with Gasteiger partial charge in [0.05, 0.1) is 18.2 Å². The van der Waals surface area contributed by atoms with Crippen LogP contribution in [0.1, 0.15) is 42.7 Å². The number of halogens is 3. The largest absolute Gasteiger partial charge is 0.411 e. The second kappa shape index (κ2) is 7.33. The Hall–Kier alpha value is -1.57. The van der Waals surface area contributed by atoms with Gasteiger partial charge in [0, 0.05) is 11.6 Å². The maximum atomic E-state index is 12.2. The van der Waals surface area contributed by atoms with Gasteiger partial charge >= 0.3 is 6.18 Å². The summed E-state index contributed by atoms with van der Waals surface area (Å²) in [5.74, 6) is 0.425. The van der Waals surface area contributed by atoms with Gasteiger partial charge in [0.15, 0.2) is 0 Å². The average Bonchev–Trinajstić information content (AvgIpc) is 2.77. The number of alkyl halides is 3. The first kappa shape index (κ1) is 17.8. The van der Waals surface area contributed by atoms with Gasteiger partial charge in [-0.2, -0.15) is 13.2 Å². The van der Waals surface area contributed by atoms with E-state index in [1.165, 1.54) is 0 Å². The molecule has 1 aliphatic carbocycles. The molecule has 5 nitrogen and oxygen atoms in total. The number of amides is 1. The second-order valence-electron chi connectivity index (χ2n) is 5.96. The SMILES string of the molecule is Cc1noc(C)c1CC(=O)N[C@@H]1CCC[C@H](OCC(F)(F)F)C1. The molecule has 1 N–H and O–H groups in total. The van der Waals surface area contributed by atoms with Gasteiger partial charge in [-0.1, -0.05) is 5.16 Å². The van der Waals surface area contributed by atoms with Crippen molar-refractivity contribution in [3.05, 3.63) is 17.0 Å². The highest BCUT2D eigenvalue weighted by Crippen LogP contribution is 2.24. The van der Waals surface area contributed by atoms with E-state index in [2.05, 4.69) is 10.5 Å². The van der Waals surface area contributed by atoms with E-state index in [0.29, 0.717) is 24.3 Å². The maximum absolute atomic E-state index is 12.2. The van der Waals surface area contributed by atoms with Crippen LogP contribution in [0.15, 0.2) is 4.52 Å². The van der Waals surface area contributed by atoms with Crippen LogP contribution < -0.4 is 5.32 Å². The molecule has 8 heteroatoms. The van der Waals surface area contributed by atoms with Gasteiger partial charge in [0.2, 0.25) is 5.91 Å². The van der Waals surface area contributed by atoms with Crippen LogP contribution in [0, 0.1) is 13.8 Å². The van der Waals surface area contributed by atoms with Gasteiger partial charge in [-0.25, -0.2) is 0 Å². The molecule has 1 amide bonds. The Morgan fingerprint density at radius 3 is 2.74 bits per heavy atom. The molecule has 130 valence electrons. The Kier molecular flexibility index (Phi) is 5.67. The number of nitrogens with one attached hydrogen (secondary N) is 1. The van der Waals surface area contributed by atoms with Gasteiger partial charge in [0.25, 0.3) is 0 Å². The smallest absolute Gasteiger partial charge is 0.369 e. The van der Waals surface area contributed by atoms with E-state index in [0.717, 1.165) is 18.4 Å². The minimum Gasteiger partial charge on any atom is -0.369 e. The molecule has 1 saturated carbocycles. The van der Waals surface area contributed by atoms with E-state index < -0.39 is 18.9 Å². The van der Waals surface area contributed by atoms with Crippen LogP contribution in [0.3, 0.4) is 0 Å². The van der Waals surface area contributed by atoms with Crippen molar-refractivity contribution in [2.24, 2.45) is 0 Å². The minimum atomic E-state index is -4.32. The first-order valence-electron chi connectivity index (χ1n) is 7.64. The Balaban J connectivity index is 1.81. The number of aromatic nitrogens is 1. The van der Waals surface area contributed by atoms with E-state index in [1.807, 2.05) is 0 Å². The van der Waals surface area contributed by atoms with Crippen molar-refractivity contribution in [3.8, 4) is 0 Å². The van der Waals surface area contributed by atoms with Crippen LogP contribution in [0.25, 0.3) is 0 Å². The van der Waals surface area contributed by atoms with E-state index in [1.54, 1.807) is 13.8 Å². The number of aryl methyl sites for hydroxylation is 2. The van der Waals surface area contributed by atoms with Crippen LogP contribution >= 0.6 is 0 Å². The molecule has 0 spiro atoms. The molecule has 1 aromatic heterocycles. The molecule has 0 saturated heterocycles. The highest BCUT2D eigenvalue weighted by molar-refractivity contribution is 5.79. The summed E-state index contributed by atoms with van der Waals surface area (Å²) in [7, 11) is 0. The standard InChI is InChI=1S/C15H21F3N2O3/c1-9-13(10(2)23-20-9)7-14(21)19-11-4-3-5-12(6-11)22-8-15(16,17)18/h11-12H,3-8H2,1-2H3,(H,19,21)/t11-,12+/m1/s1. The van der Waals surface area contributed by atoms with Crippen LogP contribution in [0.5, 0.6) is 0 Å². The van der Waals surface area contributed by atoms with E-state index in [-0.39, 0.29) is 18.4 Å². The van der Waals surface area contributed by atoms with E-state index in [4.69, 9.17) is 9.26 Å². The van der Waals surface area contributed by atoms with Gasteiger partial charge in [-0.3, -0.25) is 4.79 Å². The normalized spacial score (nSPS) is 22.1. The predicted molar refractivity (Wildman–Crippen MR) is 75.9 cm³/mol. The topological polar surface area (TPSA) is 64.4 Å². The van der Waals surface area contributed by atoms with Gasteiger partial charge < -0.3 is 14.6 Å². The average molecular weight is 334 g/mol. The van der Waals surface area contributed by atoms with Crippen molar-refractivity contribution < 1.29 is 27.2 Å². The first-order chi connectivity index (χ1) is 10.7. The minimum absolute atomic E-state index is 0.157. The van der Waals surface area contributed by atoms with Crippen LogP contribution in [0.2, 0.25) is 0 Å². The van der Waals surface area contributed by atoms with Gasteiger partial charge in [-0.15, -0.1) is 0 Å². The molecule has 0 radical (unpaired) electrons. The zero-order valence-electron chi connectivity index (χ0n) is 13.2. The second-order valence-corrected chi connectivity index (χ2v) is 5.96. The summed E-state index contributed by atoms with van der Waals surface area (Å²) in [5, 5.41) is 6.66. The molecule has 1 aliphatic rings. The number of rotatable bonds is 5. The summed E-state index contributed by atoms with van der Waals surface area (Å²) in [6.45, 7) is 2.27. The molecular weight excluding hydrogens is 313 g/mol. The summed E-state index contributed by atoms with van der Waals surface area (Å²) in [4.78, 5) is 12.1. The zero-order valence-corrected chi connectivity index (χ0v) is 13.2. The fourth-order valence-corrected chi connectivity index (χ4v) is 2.83. The highest BCUT2D eigenvalue weighted by Gasteiger charge is 2.31. The monoisotopic (exact) mass is 334 g/mol. The maximum Gasteiger partial charge on any atom is 0.411 e. The Morgan fingerprint density at radius 2 is 2.13 bits per heavy atom. The van der Waals surface area contributed by atoms with Gasteiger partial charge in [0.1, 0.15) is 12.4 Å². The lowest BCUT2D eigenvalue weighted by Crippen LogP contribution is -2.41. The highest BCUT2D eigenvalue weighted by atomic mass is 19.4. The number of hydrogen-bond donors (Lipinski definition) is 1. The molecule has 0 aromatic carbocycles. The molecule has 0 aliphatic heterocycles. The molecule has 1 fully saturated rings. The fourth-order valence-electron chi connectivity index (χ4n) is 2.83. The van der Waals surface area contributed by atoms with Crippen LogP contribution in [-0.2, 0) is 16.0 Å². The van der Waals surface area contributed by atoms with Crippen molar-refractivity contribution >= 4 is 5.91 Å². The molecule has 1 aromatic rings. The van der Waals surface area contributed by atoms with Crippen molar-refractivity contribution in [1.29, 1.82) is 0 Å². The Bertz CT molecular complexity index is 523.